The molecule has 0 aliphatic heterocycles. The van der Waals surface area contributed by atoms with Gasteiger partial charge < -0.3 is 10.5 Å². The van der Waals surface area contributed by atoms with Crippen molar-refractivity contribution in [1.82, 2.24) is 0 Å². The normalized spacial score (nSPS) is 23.2. The van der Waals surface area contributed by atoms with Gasteiger partial charge in [-0.15, -0.1) is 0 Å². The van der Waals surface area contributed by atoms with Gasteiger partial charge in [-0.2, -0.15) is 13.2 Å². The summed E-state index contributed by atoms with van der Waals surface area (Å²) < 4.78 is 81.4. The molecule has 0 atom stereocenters. The van der Waals surface area contributed by atoms with Gasteiger partial charge >= 0.3 is 12.3 Å². The Kier molecular flexibility index (Phi) is 0.859. The Bertz CT molecular complexity index is 272. The zero-order valence-electron chi connectivity index (χ0n) is 11.0. The molecule has 3 nitrogen and oxygen atoms in total. The molecule has 0 aliphatic carbocycles. The summed E-state index contributed by atoms with van der Waals surface area (Å²) in [5, 5.41) is 0. The molecule has 0 rings (SSSR count). The zero-order valence-corrected chi connectivity index (χ0v) is 5.03. The van der Waals surface area contributed by atoms with E-state index >= 15 is 0 Å². The van der Waals surface area contributed by atoms with Gasteiger partial charge in [0.1, 0.15) is 0 Å². The van der Waals surface area contributed by atoms with Crippen molar-refractivity contribution in [3.05, 3.63) is 0 Å². The zero-order chi connectivity index (χ0) is 14.3. The molecule has 0 fully saturated rings. The number of rotatable bonds is 1. The maximum atomic E-state index is 12.7. The number of ether oxygens (including phenoxy) is 1. The summed E-state index contributed by atoms with van der Waals surface area (Å²) in [5.41, 5.74) is -0.333. The summed E-state index contributed by atoms with van der Waals surface area (Å²) in [6, 6.07) is 0. The molecule has 0 aromatic rings. The first-order valence-corrected chi connectivity index (χ1v) is 2.22. The number of hydrogen-bond donors (Lipinski definition) is 1. The molecule has 0 spiro atoms. The topological polar surface area (TPSA) is 52.3 Å². The van der Waals surface area contributed by atoms with Gasteiger partial charge in [-0.05, 0) is 13.7 Å². The Morgan fingerprint density at radius 1 is 1.55 bits per heavy atom. The summed E-state index contributed by atoms with van der Waals surface area (Å²) in [7, 11) is 0. The van der Waals surface area contributed by atoms with Crippen LogP contribution in [0.3, 0.4) is 0 Å². The Labute approximate surface area is 69.7 Å². The highest BCUT2D eigenvalue weighted by atomic mass is 19.4. The number of halogens is 3. The molecule has 0 saturated heterocycles. The van der Waals surface area contributed by atoms with Crippen LogP contribution in [-0.4, -0.2) is 17.9 Å². The molecule has 0 aromatic heterocycles. The van der Waals surface area contributed by atoms with Crippen LogP contribution >= 0.6 is 0 Å². The minimum absolute atomic E-state index is 2.14. The second kappa shape index (κ2) is 2.60. The highest BCUT2D eigenvalue weighted by molar-refractivity contribution is 5.65. The van der Waals surface area contributed by atoms with Gasteiger partial charge in [0.05, 0.1) is 0 Å². The smallest absolute Gasteiger partial charge is 0.427 e. The molecule has 0 saturated carbocycles. The van der Waals surface area contributed by atoms with E-state index in [1.807, 2.05) is 0 Å². The van der Waals surface area contributed by atoms with Gasteiger partial charge in [0.2, 0.25) is 5.60 Å². The summed E-state index contributed by atoms with van der Waals surface area (Å²) >= 11 is 0. The SMILES string of the molecule is [2H]C([2H])([2H])C(OC(N)=O)(C([2H])([2H])[2H])C(F)(F)F. The highest BCUT2D eigenvalue weighted by Gasteiger charge is 2.50. The lowest BCUT2D eigenvalue weighted by Gasteiger charge is -2.26. The fourth-order valence-corrected chi connectivity index (χ4v) is 0.209. The summed E-state index contributed by atoms with van der Waals surface area (Å²) in [6.45, 7) is -8.29. The Hall–Kier alpha value is -0.940. The van der Waals surface area contributed by atoms with Crippen LogP contribution in [0.4, 0.5) is 18.0 Å². The average Bonchev–Trinajstić information content (AvgIpc) is 1.91. The quantitative estimate of drug-likeness (QED) is 0.658. The lowest BCUT2D eigenvalue weighted by Crippen LogP contribution is -2.44. The van der Waals surface area contributed by atoms with Crippen LogP contribution in [0.5, 0.6) is 0 Å². The summed E-state index contributed by atoms with van der Waals surface area (Å²) in [5.74, 6) is 0. The van der Waals surface area contributed by atoms with E-state index in [1.54, 1.807) is 0 Å². The molecular weight excluding hydrogens is 163 g/mol. The third-order valence-electron chi connectivity index (χ3n) is 0.653. The lowest BCUT2D eigenvalue weighted by molar-refractivity contribution is -0.243. The number of carbonyl (C=O) groups excluding carboxylic acids is 1. The van der Waals surface area contributed by atoms with E-state index in [2.05, 4.69) is 10.5 Å². The van der Waals surface area contributed by atoms with Crippen LogP contribution in [-0.2, 0) is 4.74 Å². The largest absolute Gasteiger partial charge is 0.434 e. The molecule has 0 radical (unpaired) electrons. The number of alkyl halides is 3. The van der Waals surface area contributed by atoms with Crippen molar-refractivity contribution >= 4 is 6.09 Å². The fourth-order valence-electron chi connectivity index (χ4n) is 0.209. The van der Waals surface area contributed by atoms with Crippen LogP contribution in [0.25, 0.3) is 0 Å². The van der Waals surface area contributed by atoms with Gasteiger partial charge in [0.15, 0.2) is 0 Å². The molecule has 0 unspecified atom stereocenters. The van der Waals surface area contributed by atoms with Crippen LogP contribution in [0, 0.1) is 0 Å². The monoisotopic (exact) mass is 177 g/mol. The molecule has 6 heteroatoms. The van der Waals surface area contributed by atoms with Crippen molar-refractivity contribution < 1.29 is 30.9 Å². The maximum Gasteiger partial charge on any atom is 0.427 e. The lowest BCUT2D eigenvalue weighted by atomic mass is 10.1. The highest BCUT2D eigenvalue weighted by Crippen LogP contribution is 2.32. The van der Waals surface area contributed by atoms with Crippen LogP contribution in [0.2, 0.25) is 0 Å². The molecule has 0 aliphatic rings. The second-order valence-electron chi connectivity index (χ2n) is 1.60. The minimum atomic E-state index is -5.83. The van der Waals surface area contributed by atoms with E-state index in [4.69, 9.17) is 8.22 Å². The Morgan fingerprint density at radius 2 is 2.00 bits per heavy atom. The second-order valence-corrected chi connectivity index (χ2v) is 1.60. The van der Waals surface area contributed by atoms with Crippen molar-refractivity contribution in [3.8, 4) is 0 Å². The molecule has 11 heavy (non-hydrogen) atoms. The minimum Gasteiger partial charge on any atom is -0.434 e. The number of amides is 1. The first-order chi connectivity index (χ1) is 7.17. The molecule has 1 amide bonds. The van der Waals surface area contributed by atoms with Gasteiger partial charge in [-0.3, -0.25) is 0 Å². The van der Waals surface area contributed by atoms with E-state index < -0.39 is 31.6 Å². The number of carbonyl (C=O) groups is 1. The van der Waals surface area contributed by atoms with Crippen molar-refractivity contribution in [2.75, 3.05) is 0 Å². The van der Waals surface area contributed by atoms with Crippen LogP contribution < -0.4 is 5.73 Å². The van der Waals surface area contributed by atoms with Crippen molar-refractivity contribution in [1.29, 1.82) is 0 Å². The third kappa shape index (κ3) is 2.65. The first-order valence-electron chi connectivity index (χ1n) is 5.22. The fraction of sp³-hybridized carbons (Fsp3) is 0.800. The summed E-state index contributed by atoms with van der Waals surface area (Å²) in [4.78, 5) is 10.4. The standard InChI is InChI=1S/C5H8F3NO2/c1-4(2,5(6,7)8)11-3(9)10/h1-2H3,(H2,9,10)/i1D3,2D3. The maximum absolute atomic E-state index is 12.7. The van der Waals surface area contributed by atoms with Crippen molar-refractivity contribution in [2.45, 2.75) is 25.5 Å². The predicted octanol–water partition coefficient (Wildman–Crippen LogP) is 1.42. The molecule has 0 heterocycles. The predicted molar refractivity (Wildman–Crippen MR) is 30.8 cm³/mol. The van der Waals surface area contributed by atoms with Crippen LogP contribution in [0.15, 0.2) is 0 Å². The Balaban J connectivity index is 6.02. The van der Waals surface area contributed by atoms with Gasteiger partial charge in [-0.25, -0.2) is 4.79 Å². The average molecular weight is 177 g/mol. The van der Waals surface area contributed by atoms with Gasteiger partial charge in [0, 0.05) is 8.22 Å². The van der Waals surface area contributed by atoms with Crippen molar-refractivity contribution in [2.24, 2.45) is 5.73 Å². The first kappa shape index (κ1) is 3.64. The van der Waals surface area contributed by atoms with Crippen LogP contribution in [0.1, 0.15) is 21.9 Å². The van der Waals surface area contributed by atoms with Gasteiger partial charge in [0.25, 0.3) is 0 Å². The summed E-state index contributed by atoms with van der Waals surface area (Å²) in [6.07, 6.45) is -7.98. The van der Waals surface area contributed by atoms with E-state index in [1.165, 1.54) is 0 Å². The van der Waals surface area contributed by atoms with E-state index in [0.29, 0.717) is 0 Å². The molecule has 0 aromatic carbocycles. The van der Waals surface area contributed by atoms with Gasteiger partial charge in [-0.1, -0.05) is 0 Å². The number of primary amides is 1. The van der Waals surface area contributed by atoms with E-state index in [-0.39, 0.29) is 0 Å². The molecular formula is C5H8F3NO2. The van der Waals surface area contributed by atoms with E-state index in [9.17, 15) is 18.0 Å². The molecule has 66 valence electrons. The number of hydrogen-bond acceptors (Lipinski definition) is 2. The van der Waals surface area contributed by atoms with Crippen molar-refractivity contribution in [3.63, 3.8) is 0 Å². The Morgan fingerprint density at radius 3 is 2.09 bits per heavy atom. The molecule has 0 bridgehead atoms. The number of nitrogens with two attached hydrogens (primary N) is 1. The van der Waals surface area contributed by atoms with E-state index in [0.717, 1.165) is 0 Å². The molecule has 2 N–H and O–H groups in total. The third-order valence-corrected chi connectivity index (χ3v) is 0.653.